The van der Waals surface area contributed by atoms with Crippen LogP contribution in [0.1, 0.15) is 5.56 Å². The zero-order valence-corrected chi connectivity index (χ0v) is 9.66. The Morgan fingerprint density at radius 3 is 2.56 bits per heavy atom. The lowest BCUT2D eigenvalue weighted by atomic mass is 10.2. The van der Waals surface area contributed by atoms with Crippen LogP contribution >= 0.6 is 0 Å². The van der Waals surface area contributed by atoms with Crippen molar-refractivity contribution >= 4 is 11.4 Å². The first-order valence-corrected chi connectivity index (χ1v) is 5.54. The summed E-state index contributed by atoms with van der Waals surface area (Å²) in [5.74, 6) is -1.85. The molecule has 3 nitrogen and oxygen atoms in total. The van der Waals surface area contributed by atoms with Crippen molar-refractivity contribution in [3.63, 3.8) is 0 Å². The highest BCUT2D eigenvalue weighted by molar-refractivity contribution is 5.66. The van der Waals surface area contributed by atoms with Gasteiger partial charge in [-0.25, -0.2) is 8.78 Å². The van der Waals surface area contributed by atoms with E-state index in [0.717, 1.165) is 11.6 Å². The average molecular weight is 249 g/mol. The number of halogens is 2. The van der Waals surface area contributed by atoms with Gasteiger partial charge >= 0.3 is 0 Å². The predicted octanol–water partition coefficient (Wildman–Crippen LogP) is 2.60. The highest BCUT2D eigenvalue weighted by atomic mass is 19.2. The summed E-state index contributed by atoms with van der Waals surface area (Å²) < 4.78 is 26.5. The van der Waals surface area contributed by atoms with Crippen LogP contribution in [0.4, 0.5) is 20.2 Å². The van der Waals surface area contributed by atoms with Gasteiger partial charge in [0.05, 0.1) is 11.4 Å². The summed E-state index contributed by atoms with van der Waals surface area (Å²) in [6, 6.07) is 6.09. The van der Waals surface area contributed by atoms with Crippen molar-refractivity contribution in [2.75, 3.05) is 17.6 Å². The van der Waals surface area contributed by atoms with E-state index in [2.05, 4.69) is 10.3 Å². The van der Waals surface area contributed by atoms with Gasteiger partial charge in [-0.2, -0.15) is 0 Å². The Bertz CT molecular complexity index is 529. The summed E-state index contributed by atoms with van der Waals surface area (Å²) >= 11 is 0. The molecule has 0 unspecified atom stereocenters. The molecule has 1 heterocycles. The normalized spacial score (nSPS) is 10.3. The molecule has 0 bridgehead atoms. The van der Waals surface area contributed by atoms with Crippen LogP contribution in [0.3, 0.4) is 0 Å². The lowest BCUT2D eigenvalue weighted by Crippen LogP contribution is -2.09. The van der Waals surface area contributed by atoms with Crippen LogP contribution in [0.15, 0.2) is 36.7 Å². The fourth-order valence-electron chi connectivity index (χ4n) is 1.63. The third-order valence-electron chi connectivity index (χ3n) is 2.59. The molecule has 5 heteroatoms. The molecule has 0 saturated heterocycles. The smallest absolute Gasteiger partial charge is 0.183 e. The van der Waals surface area contributed by atoms with Gasteiger partial charge in [0.15, 0.2) is 11.6 Å². The number of nitrogens with zero attached hydrogens (tertiary/aromatic N) is 1. The molecule has 0 atom stereocenters. The van der Waals surface area contributed by atoms with Gasteiger partial charge in [0, 0.05) is 18.9 Å². The van der Waals surface area contributed by atoms with Gasteiger partial charge in [0.25, 0.3) is 0 Å². The number of nitrogens with two attached hydrogens (primary N) is 1. The molecule has 0 spiro atoms. The molecule has 0 saturated carbocycles. The summed E-state index contributed by atoms with van der Waals surface area (Å²) in [5.41, 5.74) is 6.87. The fraction of sp³-hybridized carbons (Fsp3) is 0.154. The van der Waals surface area contributed by atoms with Crippen LogP contribution in [0, 0.1) is 11.6 Å². The van der Waals surface area contributed by atoms with Crippen LogP contribution < -0.4 is 11.1 Å². The van der Waals surface area contributed by atoms with Crippen molar-refractivity contribution in [2.24, 2.45) is 0 Å². The molecule has 94 valence electrons. The van der Waals surface area contributed by atoms with E-state index in [1.54, 1.807) is 12.4 Å². The second-order valence-electron chi connectivity index (χ2n) is 3.86. The first-order valence-electron chi connectivity index (χ1n) is 5.54. The first-order chi connectivity index (χ1) is 8.68. The Labute approximate surface area is 104 Å². The lowest BCUT2D eigenvalue weighted by Gasteiger charge is -2.10. The van der Waals surface area contributed by atoms with Gasteiger partial charge < -0.3 is 11.1 Å². The number of rotatable bonds is 4. The molecule has 0 amide bonds. The molecular formula is C13H13F2N3. The van der Waals surface area contributed by atoms with Crippen molar-refractivity contribution in [1.29, 1.82) is 0 Å². The second kappa shape index (κ2) is 5.44. The van der Waals surface area contributed by atoms with E-state index in [9.17, 15) is 8.78 Å². The maximum Gasteiger partial charge on any atom is 0.183 e. The van der Waals surface area contributed by atoms with Crippen molar-refractivity contribution in [2.45, 2.75) is 6.42 Å². The van der Waals surface area contributed by atoms with E-state index in [1.165, 1.54) is 6.07 Å². The number of benzene rings is 1. The SMILES string of the molecule is Nc1ccc(F)c(F)c1NCCc1ccncc1. The van der Waals surface area contributed by atoms with Crippen LogP contribution in [-0.2, 0) is 6.42 Å². The Morgan fingerprint density at radius 1 is 1.11 bits per heavy atom. The molecule has 0 aliphatic rings. The maximum absolute atomic E-state index is 13.5. The molecule has 2 rings (SSSR count). The second-order valence-corrected chi connectivity index (χ2v) is 3.86. The summed E-state index contributed by atoms with van der Waals surface area (Å²) in [4.78, 5) is 3.90. The van der Waals surface area contributed by atoms with Gasteiger partial charge in [0.2, 0.25) is 0 Å². The minimum absolute atomic E-state index is 0.0176. The summed E-state index contributed by atoms with van der Waals surface area (Å²) in [6.45, 7) is 0.467. The molecular weight excluding hydrogens is 236 g/mol. The molecule has 2 aromatic rings. The lowest BCUT2D eigenvalue weighted by molar-refractivity contribution is 0.511. The molecule has 3 N–H and O–H groups in total. The number of hydrogen-bond donors (Lipinski definition) is 2. The number of nitrogens with one attached hydrogen (secondary N) is 1. The Balaban J connectivity index is 2.01. The van der Waals surface area contributed by atoms with Gasteiger partial charge in [-0.3, -0.25) is 4.98 Å². The molecule has 0 radical (unpaired) electrons. The van der Waals surface area contributed by atoms with Crippen LogP contribution in [0.5, 0.6) is 0 Å². The van der Waals surface area contributed by atoms with Gasteiger partial charge in [0.1, 0.15) is 0 Å². The predicted molar refractivity (Wildman–Crippen MR) is 67.2 cm³/mol. The molecule has 1 aromatic carbocycles. The Morgan fingerprint density at radius 2 is 1.83 bits per heavy atom. The third kappa shape index (κ3) is 2.74. The van der Waals surface area contributed by atoms with E-state index in [4.69, 9.17) is 5.73 Å². The number of pyridine rings is 1. The summed E-state index contributed by atoms with van der Waals surface area (Å²) in [6.07, 6.45) is 4.05. The van der Waals surface area contributed by atoms with Crippen molar-refractivity contribution in [3.05, 3.63) is 53.9 Å². The van der Waals surface area contributed by atoms with E-state index in [0.29, 0.717) is 13.0 Å². The van der Waals surface area contributed by atoms with Gasteiger partial charge in [-0.1, -0.05) is 0 Å². The van der Waals surface area contributed by atoms with Crippen molar-refractivity contribution in [1.82, 2.24) is 4.98 Å². The molecule has 18 heavy (non-hydrogen) atoms. The average Bonchev–Trinajstić information content (AvgIpc) is 2.39. The van der Waals surface area contributed by atoms with Crippen molar-refractivity contribution in [3.8, 4) is 0 Å². The number of aromatic nitrogens is 1. The Hall–Kier alpha value is -2.17. The highest BCUT2D eigenvalue weighted by Gasteiger charge is 2.10. The quantitative estimate of drug-likeness (QED) is 0.819. The topological polar surface area (TPSA) is 50.9 Å². The summed E-state index contributed by atoms with van der Waals surface area (Å²) in [7, 11) is 0. The van der Waals surface area contributed by atoms with E-state index in [1.807, 2.05) is 12.1 Å². The third-order valence-corrected chi connectivity index (χ3v) is 2.59. The first kappa shape index (κ1) is 12.3. The standard InChI is InChI=1S/C13H13F2N3/c14-10-1-2-11(16)13(12(10)15)18-8-5-9-3-6-17-7-4-9/h1-4,6-7,18H,5,8,16H2. The monoisotopic (exact) mass is 249 g/mol. The van der Waals surface area contributed by atoms with E-state index >= 15 is 0 Å². The van der Waals surface area contributed by atoms with E-state index < -0.39 is 11.6 Å². The highest BCUT2D eigenvalue weighted by Crippen LogP contribution is 2.24. The largest absolute Gasteiger partial charge is 0.397 e. The molecule has 1 aromatic heterocycles. The van der Waals surface area contributed by atoms with Gasteiger partial charge in [-0.15, -0.1) is 0 Å². The number of anilines is 2. The number of nitrogen functional groups attached to an aromatic ring is 1. The zero-order valence-electron chi connectivity index (χ0n) is 9.66. The minimum atomic E-state index is -0.940. The summed E-state index contributed by atoms with van der Waals surface area (Å²) in [5, 5.41) is 2.81. The molecule has 0 aliphatic heterocycles. The van der Waals surface area contributed by atoms with E-state index in [-0.39, 0.29) is 11.4 Å². The minimum Gasteiger partial charge on any atom is -0.397 e. The van der Waals surface area contributed by atoms with Crippen LogP contribution in [0.2, 0.25) is 0 Å². The van der Waals surface area contributed by atoms with Gasteiger partial charge in [-0.05, 0) is 36.2 Å². The molecule has 0 fully saturated rings. The van der Waals surface area contributed by atoms with Crippen LogP contribution in [-0.4, -0.2) is 11.5 Å². The molecule has 0 aliphatic carbocycles. The Kier molecular flexibility index (Phi) is 3.72. The van der Waals surface area contributed by atoms with Crippen molar-refractivity contribution < 1.29 is 8.78 Å². The maximum atomic E-state index is 13.5. The zero-order chi connectivity index (χ0) is 13.0. The van der Waals surface area contributed by atoms with Crippen LogP contribution in [0.25, 0.3) is 0 Å². The fourth-order valence-corrected chi connectivity index (χ4v) is 1.63. The number of hydrogen-bond acceptors (Lipinski definition) is 3.